The van der Waals surface area contributed by atoms with Crippen molar-refractivity contribution >= 4 is 35.6 Å². The fourth-order valence-electron chi connectivity index (χ4n) is 4.21. The van der Waals surface area contributed by atoms with E-state index in [4.69, 9.17) is 5.73 Å². The molecule has 2 fully saturated rings. The average molecular weight is 415 g/mol. The Kier molecular flexibility index (Phi) is 6.90. The summed E-state index contributed by atoms with van der Waals surface area (Å²) in [6.07, 6.45) is 1.42. The summed E-state index contributed by atoms with van der Waals surface area (Å²) >= 11 is 0. The van der Waals surface area contributed by atoms with Crippen molar-refractivity contribution < 1.29 is 9.59 Å². The van der Waals surface area contributed by atoms with E-state index in [1.165, 1.54) is 5.56 Å². The van der Waals surface area contributed by atoms with Crippen molar-refractivity contribution in [3.05, 3.63) is 60.2 Å². The molecule has 7 heteroatoms. The van der Waals surface area contributed by atoms with E-state index in [0.717, 1.165) is 18.7 Å². The SMILES string of the molecule is Cl.N[C@@H]1CN(CC(=O)Nc2ccccc2N2CCCC2=O)C[C@H]1c1ccccc1. The molecule has 2 aromatic carbocycles. The van der Waals surface area contributed by atoms with Crippen LogP contribution in [0, 0.1) is 0 Å². The third-order valence-electron chi connectivity index (χ3n) is 5.58. The molecule has 2 aromatic rings. The molecule has 2 aliphatic heterocycles. The van der Waals surface area contributed by atoms with E-state index in [1.54, 1.807) is 4.90 Å². The number of nitrogens with two attached hydrogens (primary N) is 1. The molecule has 0 saturated carbocycles. The molecule has 6 nitrogen and oxygen atoms in total. The van der Waals surface area contributed by atoms with Crippen LogP contribution >= 0.6 is 12.4 Å². The number of likely N-dealkylation sites (tertiary alicyclic amines) is 1. The highest BCUT2D eigenvalue weighted by Gasteiger charge is 2.32. The molecule has 2 saturated heterocycles. The second-order valence-electron chi connectivity index (χ2n) is 7.59. The molecular formula is C22H27ClN4O2. The highest BCUT2D eigenvalue weighted by atomic mass is 35.5. The number of carbonyl (C=O) groups is 2. The maximum absolute atomic E-state index is 12.7. The summed E-state index contributed by atoms with van der Waals surface area (Å²) in [5.74, 6) is 0.265. The molecule has 2 atom stereocenters. The van der Waals surface area contributed by atoms with E-state index in [0.29, 0.717) is 31.7 Å². The summed E-state index contributed by atoms with van der Waals surface area (Å²) < 4.78 is 0. The Morgan fingerprint density at radius 2 is 1.79 bits per heavy atom. The van der Waals surface area contributed by atoms with E-state index in [2.05, 4.69) is 22.3 Å². The van der Waals surface area contributed by atoms with Crippen molar-refractivity contribution in [3.8, 4) is 0 Å². The Balaban J connectivity index is 0.00000240. The van der Waals surface area contributed by atoms with E-state index in [-0.39, 0.29) is 36.2 Å². The summed E-state index contributed by atoms with van der Waals surface area (Å²) in [6.45, 7) is 2.45. The maximum atomic E-state index is 12.7. The van der Waals surface area contributed by atoms with Crippen molar-refractivity contribution in [1.82, 2.24) is 4.90 Å². The molecule has 3 N–H and O–H groups in total. The highest BCUT2D eigenvalue weighted by molar-refractivity contribution is 6.02. The van der Waals surface area contributed by atoms with Crippen LogP contribution in [0.3, 0.4) is 0 Å². The Bertz CT molecular complexity index is 861. The molecule has 2 heterocycles. The van der Waals surface area contributed by atoms with Crippen LogP contribution in [0.2, 0.25) is 0 Å². The topological polar surface area (TPSA) is 78.7 Å². The number of carbonyl (C=O) groups excluding carboxylic acids is 2. The minimum absolute atomic E-state index is 0. The minimum Gasteiger partial charge on any atom is -0.326 e. The van der Waals surface area contributed by atoms with Crippen LogP contribution in [-0.4, -0.2) is 48.9 Å². The fourth-order valence-corrected chi connectivity index (χ4v) is 4.21. The van der Waals surface area contributed by atoms with Gasteiger partial charge in [-0.3, -0.25) is 14.5 Å². The van der Waals surface area contributed by atoms with Crippen LogP contribution < -0.4 is 16.0 Å². The quantitative estimate of drug-likeness (QED) is 0.788. The number of rotatable bonds is 5. The van der Waals surface area contributed by atoms with Gasteiger partial charge in [-0.05, 0) is 24.1 Å². The summed E-state index contributed by atoms with van der Waals surface area (Å²) in [6, 6.07) is 17.7. The van der Waals surface area contributed by atoms with Crippen molar-refractivity contribution in [3.63, 3.8) is 0 Å². The summed E-state index contributed by atoms with van der Waals surface area (Å²) in [5, 5.41) is 2.99. The third-order valence-corrected chi connectivity index (χ3v) is 5.58. The molecule has 4 rings (SSSR count). The number of para-hydroxylation sites is 2. The second kappa shape index (κ2) is 9.39. The maximum Gasteiger partial charge on any atom is 0.238 e. The van der Waals surface area contributed by atoms with Gasteiger partial charge in [0, 0.05) is 38.0 Å². The number of hydrogen-bond donors (Lipinski definition) is 2. The lowest BCUT2D eigenvalue weighted by Crippen LogP contribution is -2.34. The van der Waals surface area contributed by atoms with Crippen LogP contribution in [0.4, 0.5) is 11.4 Å². The molecule has 2 amide bonds. The number of benzene rings is 2. The molecule has 0 bridgehead atoms. The van der Waals surface area contributed by atoms with Crippen LogP contribution in [0.25, 0.3) is 0 Å². The standard InChI is InChI=1S/C22H26N4O2.ClH/c23-18-14-25(13-17(18)16-7-2-1-3-8-16)15-21(27)24-19-9-4-5-10-20(19)26-12-6-11-22(26)28;/h1-5,7-10,17-18H,6,11-15,23H2,(H,24,27);1H/t17-,18+;/m0./s1. The molecule has 0 spiro atoms. The smallest absolute Gasteiger partial charge is 0.238 e. The minimum atomic E-state index is -0.0833. The van der Waals surface area contributed by atoms with E-state index in [9.17, 15) is 9.59 Å². The normalized spacial score (nSPS) is 21.8. The Labute approximate surface area is 177 Å². The van der Waals surface area contributed by atoms with Crippen LogP contribution in [0.15, 0.2) is 54.6 Å². The molecule has 0 radical (unpaired) electrons. The number of nitrogens with zero attached hydrogens (tertiary/aromatic N) is 2. The van der Waals surface area contributed by atoms with Gasteiger partial charge in [-0.25, -0.2) is 0 Å². The fraction of sp³-hybridized carbons (Fsp3) is 0.364. The molecule has 154 valence electrons. The first-order valence-electron chi connectivity index (χ1n) is 9.84. The van der Waals surface area contributed by atoms with E-state index < -0.39 is 0 Å². The second-order valence-corrected chi connectivity index (χ2v) is 7.59. The Hall–Kier alpha value is -2.41. The summed E-state index contributed by atoms with van der Waals surface area (Å²) in [7, 11) is 0. The zero-order valence-corrected chi connectivity index (χ0v) is 17.1. The first-order chi connectivity index (χ1) is 13.6. The van der Waals surface area contributed by atoms with E-state index >= 15 is 0 Å². The molecule has 29 heavy (non-hydrogen) atoms. The van der Waals surface area contributed by atoms with Gasteiger partial charge in [0.1, 0.15) is 0 Å². The zero-order valence-electron chi connectivity index (χ0n) is 16.3. The lowest BCUT2D eigenvalue weighted by Gasteiger charge is -2.21. The van der Waals surface area contributed by atoms with Crippen molar-refractivity contribution in [2.24, 2.45) is 5.73 Å². The summed E-state index contributed by atoms with van der Waals surface area (Å²) in [4.78, 5) is 28.6. The van der Waals surface area contributed by atoms with Gasteiger partial charge in [0.05, 0.1) is 17.9 Å². The number of anilines is 2. The number of hydrogen-bond acceptors (Lipinski definition) is 4. The first-order valence-corrected chi connectivity index (χ1v) is 9.84. The molecule has 0 aliphatic carbocycles. The van der Waals surface area contributed by atoms with Crippen molar-refractivity contribution in [2.75, 3.05) is 36.4 Å². The average Bonchev–Trinajstić information content (AvgIpc) is 3.28. The summed E-state index contributed by atoms with van der Waals surface area (Å²) in [5.41, 5.74) is 9.02. The predicted molar refractivity (Wildman–Crippen MR) is 118 cm³/mol. The number of nitrogens with one attached hydrogen (secondary N) is 1. The van der Waals surface area contributed by atoms with Gasteiger partial charge < -0.3 is 16.0 Å². The van der Waals surface area contributed by atoms with Crippen LogP contribution in [0.1, 0.15) is 24.3 Å². The predicted octanol–water partition coefficient (Wildman–Crippen LogP) is 2.60. The molecular weight excluding hydrogens is 388 g/mol. The monoisotopic (exact) mass is 414 g/mol. The highest BCUT2D eigenvalue weighted by Crippen LogP contribution is 2.30. The van der Waals surface area contributed by atoms with Crippen LogP contribution in [-0.2, 0) is 9.59 Å². The van der Waals surface area contributed by atoms with Gasteiger partial charge in [-0.1, -0.05) is 42.5 Å². The Morgan fingerprint density at radius 3 is 2.52 bits per heavy atom. The van der Waals surface area contributed by atoms with Gasteiger partial charge in [0.25, 0.3) is 0 Å². The van der Waals surface area contributed by atoms with E-state index in [1.807, 2.05) is 42.5 Å². The van der Waals surface area contributed by atoms with Gasteiger partial charge in [-0.2, -0.15) is 0 Å². The Morgan fingerprint density at radius 1 is 1.07 bits per heavy atom. The number of amides is 2. The molecule has 2 aliphatic rings. The largest absolute Gasteiger partial charge is 0.326 e. The van der Waals surface area contributed by atoms with Crippen molar-refractivity contribution in [2.45, 2.75) is 24.8 Å². The van der Waals surface area contributed by atoms with Gasteiger partial charge in [0.15, 0.2) is 0 Å². The first kappa shape index (κ1) is 21.3. The molecule has 0 aromatic heterocycles. The number of halogens is 1. The molecule has 0 unspecified atom stereocenters. The van der Waals surface area contributed by atoms with Gasteiger partial charge in [-0.15, -0.1) is 12.4 Å². The van der Waals surface area contributed by atoms with Crippen molar-refractivity contribution in [1.29, 1.82) is 0 Å². The zero-order chi connectivity index (χ0) is 19.5. The lowest BCUT2D eigenvalue weighted by atomic mass is 9.95. The van der Waals surface area contributed by atoms with Gasteiger partial charge >= 0.3 is 0 Å². The van der Waals surface area contributed by atoms with Gasteiger partial charge in [0.2, 0.25) is 11.8 Å². The lowest BCUT2D eigenvalue weighted by molar-refractivity contribution is -0.118. The van der Waals surface area contributed by atoms with Crippen LogP contribution in [0.5, 0.6) is 0 Å². The third kappa shape index (κ3) is 4.78.